The van der Waals surface area contributed by atoms with Gasteiger partial charge in [0.1, 0.15) is 0 Å². The average Bonchev–Trinajstić information content (AvgIpc) is 2.75. The minimum Gasteiger partial charge on any atom is -0.392 e. The lowest BCUT2D eigenvalue weighted by atomic mass is 9.83. The SMILES string of the molecule is CCC[C@@]1(C(=O)c2ccc(Cl)c(Cl)c2)C[C@@H](O)CN1. The van der Waals surface area contributed by atoms with Crippen molar-refractivity contribution in [2.45, 2.75) is 37.8 Å². The van der Waals surface area contributed by atoms with Crippen molar-refractivity contribution >= 4 is 29.0 Å². The summed E-state index contributed by atoms with van der Waals surface area (Å²) in [5.74, 6) is -0.0236. The molecule has 0 aromatic heterocycles. The van der Waals surface area contributed by atoms with Crippen molar-refractivity contribution in [2.24, 2.45) is 0 Å². The standard InChI is InChI=1S/C14H17Cl2NO2/c1-2-5-14(7-10(18)8-17-14)13(19)9-3-4-11(15)12(16)6-9/h3-4,6,10,17-18H,2,5,7-8H2,1H3/t10-,14+/m1/s1. The van der Waals surface area contributed by atoms with E-state index in [1.807, 2.05) is 6.92 Å². The molecule has 1 aliphatic heterocycles. The van der Waals surface area contributed by atoms with Gasteiger partial charge < -0.3 is 10.4 Å². The number of hydrogen-bond acceptors (Lipinski definition) is 3. The zero-order chi connectivity index (χ0) is 14.0. The van der Waals surface area contributed by atoms with Crippen LogP contribution in [-0.2, 0) is 0 Å². The number of rotatable bonds is 4. The summed E-state index contributed by atoms with van der Waals surface area (Å²) in [6.45, 7) is 2.48. The number of carbonyl (C=O) groups excluding carboxylic acids is 1. The molecule has 1 aromatic rings. The van der Waals surface area contributed by atoms with E-state index in [2.05, 4.69) is 5.32 Å². The van der Waals surface area contributed by atoms with Crippen molar-refractivity contribution in [1.82, 2.24) is 5.32 Å². The third kappa shape index (κ3) is 2.95. The van der Waals surface area contributed by atoms with Crippen molar-refractivity contribution in [3.63, 3.8) is 0 Å². The van der Waals surface area contributed by atoms with Crippen LogP contribution in [0.25, 0.3) is 0 Å². The van der Waals surface area contributed by atoms with Crippen molar-refractivity contribution < 1.29 is 9.90 Å². The molecule has 2 atom stereocenters. The minimum absolute atomic E-state index is 0.0236. The molecular weight excluding hydrogens is 285 g/mol. The third-order valence-electron chi connectivity index (χ3n) is 3.55. The van der Waals surface area contributed by atoms with Crippen LogP contribution in [-0.4, -0.2) is 29.1 Å². The molecule has 1 fully saturated rings. The van der Waals surface area contributed by atoms with Crippen LogP contribution >= 0.6 is 23.2 Å². The maximum absolute atomic E-state index is 12.7. The lowest BCUT2D eigenvalue weighted by Gasteiger charge is -2.27. The highest BCUT2D eigenvalue weighted by Crippen LogP contribution is 2.31. The fraction of sp³-hybridized carbons (Fsp3) is 0.500. The van der Waals surface area contributed by atoms with Crippen molar-refractivity contribution in [3.8, 4) is 0 Å². The van der Waals surface area contributed by atoms with Gasteiger partial charge in [0, 0.05) is 18.5 Å². The van der Waals surface area contributed by atoms with Gasteiger partial charge in [0.05, 0.1) is 21.7 Å². The zero-order valence-corrected chi connectivity index (χ0v) is 12.3. The fourth-order valence-corrected chi connectivity index (χ4v) is 2.98. The smallest absolute Gasteiger partial charge is 0.183 e. The predicted molar refractivity (Wildman–Crippen MR) is 77.1 cm³/mol. The number of halogens is 2. The van der Waals surface area contributed by atoms with Gasteiger partial charge in [-0.25, -0.2) is 0 Å². The van der Waals surface area contributed by atoms with Gasteiger partial charge in [-0.3, -0.25) is 4.79 Å². The number of aliphatic hydroxyl groups excluding tert-OH is 1. The molecule has 0 saturated carbocycles. The first-order valence-electron chi connectivity index (χ1n) is 6.41. The molecule has 2 rings (SSSR count). The Morgan fingerprint density at radius 2 is 2.21 bits per heavy atom. The van der Waals surface area contributed by atoms with E-state index < -0.39 is 11.6 Å². The quantitative estimate of drug-likeness (QED) is 0.840. The number of benzene rings is 1. The molecule has 1 aliphatic rings. The molecule has 3 nitrogen and oxygen atoms in total. The van der Waals surface area contributed by atoms with Gasteiger partial charge in [-0.2, -0.15) is 0 Å². The summed E-state index contributed by atoms with van der Waals surface area (Å²) in [7, 11) is 0. The average molecular weight is 302 g/mol. The lowest BCUT2D eigenvalue weighted by molar-refractivity contribution is 0.0837. The maximum atomic E-state index is 12.7. The van der Waals surface area contributed by atoms with Crippen molar-refractivity contribution in [3.05, 3.63) is 33.8 Å². The molecule has 1 saturated heterocycles. The van der Waals surface area contributed by atoms with Crippen LogP contribution in [0.1, 0.15) is 36.5 Å². The van der Waals surface area contributed by atoms with Crippen LogP contribution in [0, 0.1) is 0 Å². The van der Waals surface area contributed by atoms with Crippen LogP contribution < -0.4 is 5.32 Å². The van der Waals surface area contributed by atoms with E-state index in [9.17, 15) is 9.90 Å². The normalized spacial score (nSPS) is 26.6. The second-order valence-electron chi connectivity index (χ2n) is 5.03. The van der Waals surface area contributed by atoms with E-state index >= 15 is 0 Å². The molecule has 0 radical (unpaired) electrons. The summed E-state index contributed by atoms with van der Waals surface area (Å²) in [4.78, 5) is 12.7. The van der Waals surface area contributed by atoms with Gasteiger partial charge in [0.15, 0.2) is 5.78 Å². The van der Waals surface area contributed by atoms with Crippen LogP contribution in [0.15, 0.2) is 18.2 Å². The Morgan fingerprint density at radius 3 is 2.74 bits per heavy atom. The summed E-state index contributed by atoms with van der Waals surface area (Å²) in [6.07, 6.45) is 1.54. The number of nitrogens with one attached hydrogen (secondary N) is 1. The molecule has 0 spiro atoms. The van der Waals surface area contributed by atoms with Crippen LogP contribution in [0.4, 0.5) is 0 Å². The van der Waals surface area contributed by atoms with Crippen LogP contribution in [0.2, 0.25) is 10.0 Å². The Bertz CT molecular complexity index is 488. The molecule has 104 valence electrons. The molecule has 1 aromatic carbocycles. The first-order chi connectivity index (χ1) is 8.98. The summed E-state index contributed by atoms with van der Waals surface area (Å²) in [5, 5.41) is 13.7. The van der Waals surface area contributed by atoms with E-state index in [-0.39, 0.29) is 5.78 Å². The van der Waals surface area contributed by atoms with Crippen molar-refractivity contribution in [2.75, 3.05) is 6.54 Å². The molecule has 5 heteroatoms. The molecule has 0 amide bonds. The molecule has 0 unspecified atom stereocenters. The van der Waals surface area contributed by atoms with Crippen LogP contribution in [0.3, 0.4) is 0 Å². The number of β-amino-alcohol motifs (C(OH)–C–C–N with tert-alkyl or cyclic N) is 1. The molecule has 0 bridgehead atoms. The summed E-state index contributed by atoms with van der Waals surface area (Å²) in [6, 6.07) is 4.90. The zero-order valence-electron chi connectivity index (χ0n) is 10.7. The van der Waals surface area contributed by atoms with Crippen molar-refractivity contribution in [1.29, 1.82) is 0 Å². The predicted octanol–water partition coefficient (Wildman–Crippen LogP) is 3.07. The highest BCUT2D eigenvalue weighted by molar-refractivity contribution is 6.42. The van der Waals surface area contributed by atoms with Gasteiger partial charge in [0.2, 0.25) is 0 Å². The van der Waals surface area contributed by atoms with E-state index in [1.165, 1.54) is 0 Å². The molecule has 2 N–H and O–H groups in total. The van der Waals surface area contributed by atoms with E-state index in [1.54, 1.807) is 18.2 Å². The molecule has 1 heterocycles. The molecular formula is C14H17Cl2NO2. The minimum atomic E-state index is -0.675. The van der Waals surface area contributed by atoms with Crippen LogP contribution in [0.5, 0.6) is 0 Å². The first-order valence-corrected chi connectivity index (χ1v) is 7.17. The van der Waals surface area contributed by atoms with Gasteiger partial charge in [-0.05, 0) is 24.6 Å². The number of Topliss-reactive ketones (excluding diaryl/α,β-unsaturated/α-hetero) is 1. The number of carbonyl (C=O) groups is 1. The van der Waals surface area contributed by atoms with Gasteiger partial charge in [-0.15, -0.1) is 0 Å². The van der Waals surface area contributed by atoms with E-state index in [0.717, 1.165) is 6.42 Å². The monoisotopic (exact) mass is 301 g/mol. The molecule has 0 aliphatic carbocycles. The van der Waals surface area contributed by atoms with E-state index in [0.29, 0.717) is 35.0 Å². The Kier molecular flexibility index (Phi) is 4.51. The largest absolute Gasteiger partial charge is 0.392 e. The Labute approximate surface area is 122 Å². The summed E-state index contributed by atoms with van der Waals surface area (Å²) >= 11 is 11.8. The van der Waals surface area contributed by atoms with Gasteiger partial charge >= 0.3 is 0 Å². The first kappa shape index (κ1) is 14.8. The lowest BCUT2D eigenvalue weighted by Crippen LogP contribution is -2.47. The Morgan fingerprint density at radius 1 is 1.47 bits per heavy atom. The topological polar surface area (TPSA) is 49.3 Å². The van der Waals surface area contributed by atoms with Gasteiger partial charge in [-0.1, -0.05) is 36.5 Å². The highest BCUT2D eigenvalue weighted by Gasteiger charge is 2.43. The second-order valence-corrected chi connectivity index (χ2v) is 5.84. The van der Waals surface area contributed by atoms with Gasteiger partial charge in [0.25, 0.3) is 0 Å². The Balaban J connectivity index is 2.32. The Hall–Kier alpha value is -0.610. The fourth-order valence-electron chi connectivity index (χ4n) is 2.68. The number of aliphatic hydroxyl groups is 1. The highest BCUT2D eigenvalue weighted by atomic mass is 35.5. The second kappa shape index (κ2) is 5.80. The number of hydrogen-bond donors (Lipinski definition) is 2. The van der Waals surface area contributed by atoms with E-state index in [4.69, 9.17) is 23.2 Å². The summed E-state index contributed by atoms with van der Waals surface area (Å²) in [5.41, 5.74) is -0.143. The maximum Gasteiger partial charge on any atom is 0.183 e. The number of ketones is 1. The summed E-state index contributed by atoms with van der Waals surface area (Å²) < 4.78 is 0. The third-order valence-corrected chi connectivity index (χ3v) is 4.29. The molecule has 19 heavy (non-hydrogen) atoms.